The van der Waals surface area contributed by atoms with E-state index in [2.05, 4.69) is 10.6 Å². The van der Waals surface area contributed by atoms with E-state index >= 15 is 0 Å². The number of ether oxygens (including phenoxy) is 2. The van der Waals surface area contributed by atoms with Gasteiger partial charge < -0.3 is 20.1 Å². The third-order valence-electron chi connectivity index (χ3n) is 3.83. The summed E-state index contributed by atoms with van der Waals surface area (Å²) in [5.74, 6) is 1.22. The fourth-order valence-corrected chi connectivity index (χ4v) is 3.46. The van der Waals surface area contributed by atoms with Crippen LogP contribution in [-0.2, 0) is 4.79 Å². The lowest BCUT2D eigenvalue weighted by molar-refractivity contribution is -0.119. The minimum absolute atomic E-state index is 0. The Morgan fingerprint density at radius 3 is 2.46 bits per heavy atom. The molecule has 2 aromatic rings. The molecule has 3 rings (SSSR count). The van der Waals surface area contributed by atoms with Gasteiger partial charge in [-0.15, -0.1) is 12.4 Å². The van der Waals surface area contributed by atoms with Crippen LogP contribution in [0.2, 0.25) is 0 Å². The minimum atomic E-state index is -0.132. The van der Waals surface area contributed by atoms with Gasteiger partial charge >= 0.3 is 0 Å². The van der Waals surface area contributed by atoms with Gasteiger partial charge in [0.2, 0.25) is 5.91 Å². The largest absolute Gasteiger partial charge is 0.486 e. The summed E-state index contributed by atoms with van der Waals surface area (Å²) in [4.78, 5) is 14.5. The van der Waals surface area contributed by atoms with Crippen LogP contribution < -0.4 is 20.1 Å². The summed E-state index contributed by atoms with van der Waals surface area (Å²) in [6.45, 7) is 3.57. The van der Waals surface area contributed by atoms with E-state index in [9.17, 15) is 4.79 Å². The molecule has 1 amide bonds. The Balaban J connectivity index is 0.00000243. The Hall–Kier alpha value is -1.89. The van der Waals surface area contributed by atoms with Crippen molar-refractivity contribution in [2.75, 3.05) is 32.1 Å². The average Bonchev–Trinajstić information content (AvgIpc) is 2.63. The van der Waals surface area contributed by atoms with Gasteiger partial charge in [-0.2, -0.15) is 0 Å². The molecule has 2 aromatic carbocycles. The molecule has 0 saturated heterocycles. The maximum absolute atomic E-state index is 12.4. The molecule has 0 fully saturated rings. The summed E-state index contributed by atoms with van der Waals surface area (Å²) in [6.07, 6.45) is 0. The zero-order valence-corrected chi connectivity index (χ0v) is 16.4. The highest BCUT2D eigenvalue weighted by Crippen LogP contribution is 2.42. The van der Waals surface area contributed by atoms with Crippen LogP contribution in [0.25, 0.3) is 0 Å². The van der Waals surface area contributed by atoms with Gasteiger partial charge in [0.05, 0.1) is 5.69 Å². The SMILES string of the molecule is CNCC(C)C(=O)Nc1cc2c(cc1Sc1ccccc1)OCCO2.Cl. The third-order valence-corrected chi connectivity index (χ3v) is 4.90. The molecule has 0 radical (unpaired) electrons. The van der Waals surface area contributed by atoms with Crippen molar-refractivity contribution < 1.29 is 14.3 Å². The first-order chi connectivity index (χ1) is 12.2. The topological polar surface area (TPSA) is 59.6 Å². The van der Waals surface area contributed by atoms with Crippen LogP contribution in [0.15, 0.2) is 52.3 Å². The molecule has 26 heavy (non-hydrogen) atoms. The molecular weight excluding hydrogens is 372 g/mol. The number of amides is 1. The smallest absolute Gasteiger partial charge is 0.228 e. The number of nitrogens with one attached hydrogen (secondary N) is 2. The molecule has 0 aromatic heterocycles. The summed E-state index contributed by atoms with van der Waals surface area (Å²) in [5, 5.41) is 6.06. The zero-order valence-electron chi connectivity index (χ0n) is 14.8. The molecule has 0 aliphatic carbocycles. The second-order valence-electron chi connectivity index (χ2n) is 5.86. The average molecular weight is 395 g/mol. The third kappa shape index (κ3) is 5.06. The highest BCUT2D eigenvalue weighted by molar-refractivity contribution is 7.99. The number of fused-ring (bicyclic) bond motifs is 1. The highest BCUT2D eigenvalue weighted by Gasteiger charge is 2.19. The Bertz CT molecular complexity index is 743. The lowest BCUT2D eigenvalue weighted by Gasteiger charge is -2.22. The Labute approximate surface area is 164 Å². The number of carbonyl (C=O) groups is 1. The van der Waals surface area contributed by atoms with E-state index in [1.165, 1.54) is 0 Å². The van der Waals surface area contributed by atoms with Crippen molar-refractivity contribution in [1.82, 2.24) is 5.32 Å². The van der Waals surface area contributed by atoms with Crippen LogP contribution in [0.3, 0.4) is 0 Å². The first-order valence-electron chi connectivity index (χ1n) is 8.29. The number of hydrogen-bond donors (Lipinski definition) is 2. The van der Waals surface area contributed by atoms with Crippen molar-refractivity contribution in [2.45, 2.75) is 16.7 Å². The summed E-state index contributed by atoms with van der Waals surface area (Å²) in [7, 11) is 1.84. The standard InChI is InChI=1S/C19H22N2O3S.ClH/c1-13(12-20-2)19(22)21-15-10-16-17(24-9-8-23-16)11-18(15)25-14-6-4-3-5-7-14;/h3-7,10-11,13,20H,8-9,12H2,1-2H3,(H,21,22);1H. The second kappa shape index (κ2) is 9.71. The summed E-state index contributed by atoms with van der Waals surface area (Å²) in [5.41, 5.74) is 0.742. The van der Waals surface area contributed by atoms with E-state index in [1.54, 1.807) is 11.8 Å². The number of anilines is 1. The quantitative estimate of drug-likeness (QED) is 0.779. The van der Waals surface area contributed by atoms with Crippen molar-refractivity contribution in [3.8, 4) is 11.5 Å². The monoisotopic (exact) mass is 394 g/mol. The lowest BCUT2D eigenvalue weighted by Crippen LogP contribution is -2.28. The molecule has 1 atom stereocenters. The maximum atomic E-state index is 12.4. The van der Waals surface area contributed by atoms with Crippen molar-refractivity contribution in [2.24, 2.45) is 5.92 Å². The van der Waals surface area contributed by atoms with Gasteiger partial charge in [0.15, 0.2) is 11.5 Å². The van der Waals surface area contributed by atoms with E-state index in [4.69, 9.17) is 9.47 Å². The lowest BCUT2D eigenvalue weighted by atomic mass is 10.1. The van der Waals surface area contributed by atoms with E-state index in [0.717, 1.165) is 15.5 Å². The zero-order chi connectivity index (χ0) is 17.6. The highest BCUT2D eigenvalue weighted by atomic mass is 35.5. The molecular formula is C19H23ClN2O3S. The molecule has 0 saturated carbocycles. The van der Waals surface area contributed by atoms with Crippen molar-refractivity contribution in [3.05, 3.63) is 42.5 Å². The van der Waals surface area contributed by atoms with Gasteiger partial charge in [0.25, 0.3) is 0 Å². The first-order valence-corrected chi connectivity index (χ1v) is 9.11. The first kappa shape index (κ1) is 20.4. The van der Waals surface area contributed by atoms with E-state index in [-0.39, 0.29) is 24.2 Å². The summed E-state index contributed by atoms with van der Waals surface area (Å²) >= 11 is 1.59. The molecule has 7 heteroatoms. The molecule has 1 aliphatic heterocycles. The number of benzene rings is 2. The molecule has 2 N–H and O–H groups in total. The Kier molecular flexibility index (Phi) is 7.63. The van der Waals surface area contributed by atoms with Crippen LogP contribution in [0.4, 0.5) is 5.69 Å². The Morgan fingerprint density at radius 1 is 1.15 bits per heavy atom. The summed E-state index contributed by atoms with van der Waals surface area (Å²) < 4.78 is 11.3. The number of carbonyl (C=O) groups excluding carboxylic acids is 1. The van der Waals surface area contributed by atoms with Crippen LogP contribution in [0.5, 0.6) is 11.5 Å². The van der Waals surface area contributed by atoms with E-state index in [0.29, 0.717) is 31.3 Å². The van der Waals surface area contributed by atoms with Gasteiger partial charge in [0, 0.05) is 34.4 Å². The van der Waals surface area contributed by atoms with Crippen molar-refractivity contribution in [1.29, 1.82) is 0 Å². The molecule has 0 bridgehead atoms. The summed E-state index contributed by atoms with van der Waals surface area (Å²) in [6, 6.07) is 13.8. The molecule has 140 valence electrons. The molecule has 1 unspecified atom stereocenters. The normalized spacial score (nSPS) is 13.5. The van der Waals surface area contributed by atoms with Crippen molar-refractivity contribution >= 4 is 35.8 Å². The number of halogens is 1. The van der Waals surface area contributed by atoms with Crippen LogP contribution in [0, 0.1) is 5.92 Å². The predicted molar refractivity (Wildman–Crippen MR) is 107 cm³/mol. The van der Waals surface area contributed by atoms with Crippen LogP contribution in [-0.4, -0.2) is 32.7 Å². The Morgan fingerprint density at radius 2 is 1.81 bits per heavy atom. The van der Waals surface area contributed by atoms with Gasteiger partial charge in [-0.05, 0) is 19.2 Å². The number of rotatable bonds is 6. The molecule has 5 nitrogen and oxygen atoms in total. The van der Waals surface area contributed by atoms with Crippen molar-refractivity contribution in [3.63, 3.8) is 0 Å². The predicted octanol–water partition coefficient (Wildman–Crippen LogP) is 3.82. The van der Waals surface area contributed by atoms with Gasteiger partial charge in [0.1, 0.15) is 13.2 Å². The fourth-order valence-electron chi connectivity index (χ4n) is 2.52. The van der Waals surface area contributed by atoms with E-state index < -0.39 is 0 Å². The van der Waals surface area contributed by atoms with Gasteiger partial charge in [-0.3, -0.25) is 4.79 Å². The minimum Gasteiger partial charge on any atom is -0.486 e. The fraction of sp³-hybridized carbons (Fsp3) is 0.316. The molecule has 1 aliphatic rings. The van der Waals surface area contributed by atoms with Gasteiger partial charge in [-0.1, -0.05) is 36.9 Å². The molecule has 0 spiro atoms. The number of hydrogen-bond acceptors (Lipinski definition) is 5. The van der Waals surface area contributed by atoms with Crippen LogP contribution in [0.1, 0.15) is 6.92 Å². The maximum Gasteiger partial charge on any atom is 0.228 e. The molecule has 1 heterocycles. The van der Waals surface area contributed by atoms with E-state index in [1.807, 2.05) is 56.4 Å². The van der Waals surface area contributed by atoms with Crippen LogP contribution >= 0.6 is 24.2 Å². The van der Waals surface area contributed by atoms with Gasteiger partial charge in [-0.25, -0.2) is 0 Å². The second-order valence-corrected chi connectivity index (χ2v) is 6.97.